The number of ether oxygens (including phenoxy) is 1. The molecule has 1 saturated heterocycles. The van der Waals surface area contributed by atoms with Crippen LogP contribution in [0.3, 0.4) is 0 Å². The number of halogens is 1. The van der Waals surface area contributed by atoms with Gasteiger partial charge in [0.05, 0.1) is 17.7 Å². The van der Waals surface area contributed by atoms with Crippen molar-refractivity contribution in [1.82, 2.24) is 14.3 Å². The van der Waals surface area contributed by atoms with Gasteiger partial charge in [-0.05, 0) is 48.9 Å². The Bertz CT molecular complexity index is 1530. The average molecular weight is 494 g/mol. The number of aryl methyl sites for hydroxylation is 1. The van der Waals surface area contributed by atoms with Crippen LogP contribution >= 0.6 is 24.0 Å². The van der Waals surface area contributed by atoms with E-state index in [9.17, 15) is 14.0 Å². The summed E-state index contributed by atoms with van der Waals surface area (Å²) >= 11 is 6.43. The summed E-state index contributed by atoms with van der Waals surface area (Å²) in [5.74, 6) is -0.612. The van der Waals surface area contributed by atoms with Gasteiger partial charge < -0.3 is 9.15 Å². The lowest BCUT2D eigenvalue weighted by Crippen LogP contribution is -2.27. The normalized spacial score (nSPS) is 15.0. The lowest BCUT2D eigenvalue weighted by Gasteiger charge is -2.12. The van der Waals surface area contributed by atoms with Gasteiger partial charge in [0.2, 0.25) is 5.88 Å². The number of pyridine rings is 1. The summed E-state index contributed by atoms with van der Waals surface area (Å²) in [6, 6.07) is 12.8. The minimum absolute atomic E-state index is 0.00449. The molecule has 1 amide bonds. The molecular formula is C24H16FN3O4S2. The molecule has 3 aromatic heterocycles. The van der Waals surface area contributed by atoms with Crippen molar-refractivity contribution in [3.05, 3.63) is 99.0 Å². The lowest BCUT2D eigenvalue weighted by molar-refractivity contribution is -0.122. The molecule has 5 rings (SSSR count). The molecule has 0 spiro atoms. The highest BCUT2D eigenvalue weighted by molar-refractivity contribution is 8.26. The Hall–Kier alpha value is -3.76. The van der Waals surface area contributed by atoms with Crippen LogP contribution in [-0.4, -0.2) is 24.5 Å². The average Bonchev–Trinajstić information content (AvgIpc) is 3.42. The number of carbonyl (C=O) groups is 1. The number of benzene rings is 1. The van der Waals surface area contributed by atoms with Crippen LogP contribution in [0.15, 0.2) is 75.1 Å². The second kappa shape index (κ2) is 8.88. The van der Waals surface area contributed by atoms with E-state index < -0.39 is 11.4 Å². The third-order valence-electron chi connectivity index (χ3n) is 5.14. The Balaban J connectivity index is 1.62. The van der Waals surface area contributed by atoms with Crippen LogP contribution in [0.4, 0.5) is 4.39 Å². The Morgan fingerprint density at radius 3 is 2.76 bits per heavy atom. The van der Waals surface area contributed by atoms with Crippen LogP contribution in [0.5, 0.6) is 11.6 Å². The minimum atomic E-state index is -0.606. The molecule has 4 heterocycles. The summed E-state index contributed by atoms with van der Waals surface area (Å²) in [6.07, 6.45) is 4.48. The first-order chi connectivity index (χ1) is 16.4. The van der Waals surface area contributed by atoms with E-state index in [1.165, 1.54) is 39.8 Å². The van der Waals surface area contributed by atoms with Gasteiger partial charge in [0.25, 0.3) is 11.5 Å². The van der Waals surface area contributed by atoms with Crippen molar-refractivity contribution in [1.29, 1.82) is 0 Å². The number of thiocarbonyl (C=S) groups is 1. The molecule has 0 saturated carbocycles. The predicted octanol–water partition coefficient (Wildman–Crippen LogP) is 4.93. The van der Waals surface area contributed by atoms with E-state index >= 15 is 0 Å². The van der Waals surface area contributed by atoms with Crippen molar-refractivity contribution in [2.45, 2.75) is 13.5 Å². The van der Waals surface area contributed by atoms with E-state index in [0.717, 1.165) is 17.3 Å². The Morgan fingerprint density at radius 1 is 1.18 bits per heavy atom. The monoisotopic (exact) mass is 493 g/mol. The SMILES string of the molecule is Cc1cccn2c(=O)c(C=C3SC(=S)N(Cc4ccco4)C3=O)c(Oc3ccccc3F)nc12. The van der Waals surface area contributed by atoms with E-state index in [4.69, 9.17) is 21.4 Å². The Morgan fingerprint density at radius 2 is 2.00 bits per heavy atom. The molecule has 4 aromatic rings. The van der Waals surface area contributed by atoms with Crippen molar-refractivity contribution in [3.8, 4) is 11.6 Å². The maximum atomic E-state index is 14.3. The number of para-hydroxylation sites is 1. The molecule has 1 aromatic carbocycles. The summed E-state index contributed by atoms with van der Waals surface area (Å²) in [5, 5.41) is 0. The molecule has 170 valence electrons. The third-order valence-corrected chi connectivity index (χ3v) is 6.51. The second-order valence-corrected chi connectivity index (χ2v) is 9.08. The number of aromatic nitrogens is 2. The van der Waals surface area contributed by atoms with Crippen molar-refractivity contribution in [2.24, 2.45) is 0 Å². The van der Waals surface area contributed by atoms with E-state index in [1.54, 1.807) is 43.5 Å². The Kier molecular flexibility index (Phi) is 5.76. The molecule has 0 radical (unpaired) electrons. The first kappa shape index (κ1) is 22.1. The minimum Gasteiger partial charge on any atom is -0.467 e. The number of hydrogen-bond acceptors (Lipinski definition) is 7. The van der Waals surface area contributed by atoms with Gasteiger partial charge in [-0.3, -0.25) is 18.9 Å². The molecule has 0 atom stereocenters. The van der Waals surface area contributed by atoms with Gasteiger partial charge in [-0.25, -0.2) is 4.39 Å². The summed E-state index contributed by atoms with van der Waals surface area (Å²) in [4.78, 5) is 32.6. The van der Waals surface area contributed by atoms with Crippen LogP contribution < -0.4 is 10.3 Å². The van der Waals surface area contributed by atoms with Crippen molar-refractivity contribution in [3.63, 3.8) is 0 Å². The Labute approximate surface area is 202 Å². The maximum absolute atomic E-state index is 14.3. The number of amides is 1. The van der Waals surface area contributed by atoms with Crippen molar-refractivity contribution in [2.75, 3.05) is 0 Å². The van der Waals surface area contributed by atoms with E-state index in [0.29, 0.717) is 15.7 Å². The zero-order chi connectivity index (χ0) is 23.8. The van der Waals surface area contributed by atoms with Crippen LogP contribution in [0.1, 0.15) is 16.9 Å². The molecule has 1 fully saturated rings. The fourth-order valence-electron chi connectivity index (χ4n) is 3.45. The van der Waals surface area contributed by atoms with E-state index in [1.807, 2.05) is 0 Å². The van der Waals surface area contributed by atoms with E-state index in [2.05, 4.69) is 4.98 Å². The fraction of sp³-hybridized carbons (Fsp3) is 0.0833. The van der Waals surface area contributed by atoms with Gasteiger partial charge >= 0.3 is 0 Å². The maximum Gasteiger partial charge on any atom is 0.269 e. The summed E-state index contributed by atoms with van der Waals surface area (Å²) in [5.41, 5.74) is 0.636. The molecule has 7 nitrogen and oxygen atoms in total. The highest BCUT2D eigenvalue weighted by Gasteiger charge is 2.33. The first-order valence-corrected chi connectivity index (χ1v) is 11.4. The predicted molar refractivity (Wildman–Crippen MR) is 130 cm³/mol. The summed E-state index contributed by atoms with van der Waals surface area (Å²) in [6.45, 7) is 1.97. The first-order valence-electron chi connectivity index (χ1n) is 10.1. The molecule has 0 aliphatic carbocycles. The number of fused-ring (bicyclic) bond motifs is 1. The zero-order valence-electron chi connectivity index (χ0n) is 17.7. The fourth-order valence-corrected chi connectivity index (χ4v) is 4.69. The molecule has 0 unspecified atom stereocenters. The van der Waals surface area contributed by atoms with Gasteiger partial charge in [-0.15, -0.1) is 0 Å². The smallest absolute Gasteiger partial charge is 0.269 e. The second-order valence-electron chi connectivity index (χ2n) is 7.40. The number of nitrogens with zero attached hydrogens (tertiary/aromatic N) is 3. The highest BCUT2D eigenvalue weighted by atomic mass is 32.2. The molecule has 34 heavy (non-hydrogen) atoms. The van der Waals surface area contributed by atoms with Gasteiger partial charge in [0, 0.05) is 6.20 Å². The van der Waals surface area contributed by atoms with Gasteiger partial charge in [0.1, 0.15) is 21.3 Å². The van der Waals surface area contributed by atoms with Crippen LogP contribution in [-0.2, 0) is 11.3 Å². The van der Waals surface area contributed by atoms with Gasteiger partial charge in [-0.1, -0.05) is 42.2 Å². The summed E-state index contributed by atoms with van der Waals surface area (Å²) in [7, 11) is 0. The quantitative estimate of drug-likeness (QED) is 0.288. The van der Waals surface area contributed by atoms with Crippen molar-refractivity contribution >= 4 is 45.9 Å². The number of thioether (sulfide) groups is 1. The molecule has 1 aliphatic rings. The summed E-state index contributed by atoms with van der Waals surface area (Å²) < 4.78 is 27.1. The largest absolute Gasteiger partial charge is 0.467 e. The van der Waals surface area contributed by atoms with Gasteiger partial charge in [-0.2, -0.15) is 4.98 Å². The van der Waals surface area contributed by atoms with Crippen LogP contribution in [0.25, 0.3) is 11.7 Å². The highest BCUT2D eigenvalue weighted by Crippen LogP contribution is 2.35. The van der Waals surface area contributed by atoms with Crippen molar-refractivity contribution < 1.29 is 18.3 Å². The molecule has 0 N–H and O–H groups in total. The third kappa shape index (κ3) is 4.02. The number of rotatable bonds is 5. The molecule has 0 bridgehead atoms. The van der Waals surface area contributed by atoms with Crippen LogP contribution in [0.2, 0.25) is 0 Å². The topological polar surface area (TPSA) is 77.0 Å². The zero-order valence-corrected chi connectivity index (χ0v) is 19.4. The van der Waals surface area contributed by atoms with Crippen LogP contribution in [0, 0.1) is 12.7 Å². The number of carbonyl (C=O) groups excluding carboxylic acids is 1. The molecule has 1 aliphatic heterocycles. The number of furan rings is 1. The van der Waals surface area contributed by atoms with Gasteiger partial charge in [0.15, 0.2) is 11.6 Å². The molecular weight excluding hydrogens is 477 g/mol. The lowest BCUT2D eigenvalue weighted by atomic mass is 10.2. The number of hydrogen-bond donors (Lipinski definition) is 0. The standard InChI is InChI=1S/C24H16FN3O4S2/c1-14-6-4-10-27-20(14)26-21(32-18-9-3-2-8-17(18)25)16(22(27)29)12-19-23(30)28(24(33)34-19)13-15-7-5-11-31-15/h2-12H,13H2,1H3. The molecule has 10 heteroatoms. The van der Waals surface area contributed by atoms with E-state index in [-0.39, 0.29) is 34.6 Å².